The van der Waals surface area contributed by atoms with Crippen molar-refractivity contribution >= 4 is 66.4 Å². The van der Waals surface area contributed by atoms with E-state index in [1.54, 1.807) is 20.2 Å². The topological polar surface area (TPSA) is 53.3 Å². The Morgan fingerprint density at radius 2 is 1.92 bits per heavy atom. The van der Waals surface area contributed by atoms with Gasteiger partial charge in [-0.05, 0) is 80.0 Å². The number of nitrogens with zero attached hydrogens (tertiary/aromatic N) is 2. The maximum Gasteiger partial charge on any atom is 0.264 e. The molecular weight excluding hydrogens is 575 g/mol. The molecule has 0 atom stereocenters. The molecule has 0 saturated heterocycles. The van der Waals surface area contributed by atoms with E-state index in [2.05, 4.69) is 54.5 Å². The maximum atomic E-state index is 12.0. The number of ether oxygens (including phenoxy) is 1. The van der Waals surface area contributed by atoms with Crippen LogP contribution in [0.5, 0.6) is 5.75 Å². The summed E-state index contributed by atoms with van der Waals surface area (Å²) < 4.78 is 8.61. The molecule has 7 heteroatoms. The Kier molecular flexibility index (Phi) is 7.68. The van der Waals surface area contributed by atoms with E-state index in [9.17, 15) is 10.1 Å². The second-order valence-electron chi connectivity index (χ2n) is 5.60. The number of halogens is 3. The van der Waals surface area contributed by atoms with Crippen molar-refractivity contribution in [3.63, 3.8) is 0 Å². The van der Waals surface area contributed by atoms with Crippen molar-refractivity contribution < 1.29 is 9.53 Å². The predicted octanol–water partition coefficient (Wildman–Crippen LogP) is 5.39. The summed E-state index contributed by atoms with van der Waals surface area (Å²) in [7, 11) is 3.23. The summed E-state index contributed by atoms with van der Waals surface area (Å²) in [5.41, 5.74) is 1.90. The number of rotatable bonds is 5. The van der Waals surface area contributed by atoms with E-state index in [4.69, 9.17) is 4.74 Å². The lowest BCUT2D eigenvalue weighted by Gasteiger charge is -2.12. The zero-order valence-corrected chi connectivity index (χ0v) is 19.4. The Bertz CT molecular complexity index is 864. The average molecular weight is 590 g/mol. The maximum absolute atomic E-state index is 12.0. The van der Waals surface area contributed by atoms with Crippen LogP contribution in [0.25, 0.3) is 6.08 Å². The summed E-state index contributed by atoms with van der Waals surface area (Å²) in [6.45, 7) is 0.444. The molecule has 2 aromatic carbocycles. The van der Waals surface area contributed by atoms with E-state index >= 15 is 0 Å². The summed E-state index contributed by atoms with van der Waals surface area (Å²) in [6.07, 6.45) is 1.58. The summed E-state index contributed by atoms with van der Waals surface area (Å²) in [5, 5.41) is 9.22. The molecule has 2 aromatic rings. The first-order chi connectivity index (χ1) is 12.3. The van der Waals surface area contributed by atoms with Crippen LogP contribution in [0.2, 0.25) is 0 Å². The third-order valence-electron chi connectivity index (χ3n) is 3.39. The van der Waals surface area contributed by atoms with Crippen LogP contribution in [-0.2, 0) is 11.4 Å². The molecule has 0 radical (unpaired) electrons. The zero-order valence-electron chi connectivity index (χ0n) is 14.1. The van der Waals surface area contributed by atoms with Gasteiger partial charge in [0, 0.05) is 18.6 Å². The van der Waals surface area contributed by atoms with Crippen LogP contribution in [0.4, 0.5) is 0 Å². The van der Waals surface area contributed by atoms with Gasteiger partial charge in [0.05, 0.1) is 8.04 Å². The van der Waals surface area contributed by atoms with E-state index in [0.717, 1.165) is 29.4 Å². The smallest absolute Gasteiger partial charge is 0.264 e. The SMILES string of the molecule is CN(C)C(=O)/C(C#N)=C\c1cc(Br)c(OCc2ccc(Br)cc2)c(I)c1. The van der Waals surface area contributed by atoms with Crippen LogP contribution in [-0.4, -0.2) is 24.9 Å². The van der Waals surface area contributed by atoms with E-state index in [0.29, 0.717) is 6.61 Å². The summed E-state index contributed by atoms with van der Waals surface area (Å²) >= 11 is 9.11. The minimum Gasteiger partial charge on any atom is -0.487 e. The molecule has 1 amide bonds. The van der Waals surface area contributed by atoms with Crippen molar-refractivity contribution in [2.24, 2.45) is 0 Å². The number of benzene rings is 2. The largest absolute Gasteiger partial charge is 0.487 e. The van der Waals surface area contributed by atoms with Gasteiger partial charge < -0.3 is 9.64 Å². The van der Waals surface area contributed by atoms with E-state index in [-0.39, 0.29) is 11.5 Å². The van der Waals surface area contributed by atoms with Gasteiger partial charge in [0.25, 0.3) is 5.91 Å². The molecule has 2 rings (SSSR count). The average Bonchev–Trinajstić information content (AvgIpc) is 2.59. The Labute approximate surface area is 183 Å². The number of hydrogen-bond acceptors (Lipinski definition) is 3. The lowest BCUT2D eigenvalue weighted by molar-refractivity contribution is -0.124. The molecule has 0 bridgehead atoms. The van der Waals surface area contributed by atoms with Crippen LogP contribution >= 0.6 is 54.5 Å². The highest BCUT2D eigenvalue weighted by atomic mass is 127. The van der Waals surface area contributed by atoms with Crippen LogP contribution in [0.1, 0.15) is 11.1 Å². The number of nitriles is 1. The van der Waals surface area contributed by atoms with E-state index < -0.39 is 0 Å². The monoisotopic (exact) mass is 588 g/mol. The molecule has 0 N–H and O–H groups in total. The van der Waals surface area contributed by atoms with Crippen molar-refractivity contribution in [2.45, 2.75) is 6.61 Å². The molecule has 134 valence electrons. The van der Waals surface area contributed by atoms with Crippen molar-refractivity contribution in [3.05, 3.63) is 65.6 Å². The number of carbonyl (C=O) groups is 1. The van der Waals surface area contributed by atoms with Gasteiger partial charge >= 0.3 is 0 Å². The minimum absolute atomic E-state index is 0.0845. The quantitative estimate of drug-likeness (QED) is 0.267. The van der Waals surface area contributed by atoms with Gasteiger partial charge in [-0.1, -0.05) is 28.1 Å². The van der Waals surface area contributed by atoms with Gasteiger partial charge in [0.1, 0.15) is 24.0 Å². The molecule has 0 saturated carbocycles. The Hall–Kier alpha value is -1.37. The molecule has 0 aliphatic heterocycles. The molecule has 0 aliphatic carbocycles. The molecular formula is C19H15Br2IN2O2. The lowest BCUT2D eigenvalue weighted by Crippen LogP contribution is -2.22. The van der Waals surface area contributed by atoms with E-state index in [1.165, 1.54) is 4.90 Å². The molecule has 0 spiro atoms. The Morgan fingerprint density at radius 1 is 1.27 bits per heavy atom. The number of likely N-dealkylation sites (N-methyl/N-ethyl adjacent to an activating group) is 1. The first-order valence-corrected chi connectivity index (χ1v) is 10.2. The summed E-state index contributed by atoms with van der Waals surface area (Å²) in [4.78, 5) is 13.4. The summed E-state index contributed by atoms with van der Waals surface area (Å²) in [6, 6.07) is 13.6. The van der Waals surface area contributed by atoms with Gasteiger partial charge in [-0.15, -0.1) is 0 Å². The lowest BCUT2D eigenvalue weighted by atomic mass is 10.1. The molecule has 0 aliphatic rings. The van der Waals surface area contributed by atoms with Crippen LogP contribution in [0.15, 0.2) is 50.9 Å². The van der Waals surface area contributed by atoms with Crippen LogP contribution in [0.3, 0.4) is 0 Å². The molecule has 0 aromatic heterocycles. The van der Waals surface area contributed by atoms with Crippen molar-refractivity contribution in [1.82, 2.24) is 4.90 Å². The Balaban J connectivity index is 2.23. The molecule has 0 fully saturated rings. The standard InChI is InChI=1S/C19H15Br2IN2O2/c1-24(2)19(25)14(10-23)7-13-8-16(21)18(17(22)9-13)26-11-12-3-5-15(20)6-4-12/h3-9H,11H2,1-2H3/b14-7-. The highest BCUT2D eigenvalue weighted by molar-refractivity contribution is 14.1. The second kappa shape index (κ2) is 9.53. The summed E-state index contributed by atoms with van der Waals surface area (Å²) in [5.74, 6) is 0.400. The third kappa shape index (κ3) is 5.56. The van der Waals surface area contributed by atoms with Gasteiger partial charge in [-0.25, -0.2) is 0 Å². The fourth-order valence-corrected chi connectivity index (χ4v) is 4.12. The van der Waals surface area contributed by atoms with Crippen molar-refractivity contribution in [2.75, 3.05) is 14.1 Å². The normalized spacial score (nSPS) is 11.0. The number of carbonyl (C=O) groups excluding carboxylic acids is 1. The molecule has 4 nitrogen and oxygen atoms in total. The first-order valence-electron chi connectivity index (χ1n) is 7.51. The van der Waals surface area contributed by atoms with Crippen LogP contribution in [0, 0.1) is 14.9 Å². The van der Waals surface area contributed by atoms with Gasteiger partial charge in [0.15, 0.2) is 0 Å². The fourth-order valence-electron chi connectivity index (χ4n) is 2.09. The Morgan fingerprint density at radius 3 is 2.46 bits per heavy atom. The van der Waals surface area contributed by atoms with E-state index in [1.807, 2.05) is 42.5 Å². The molecule has 0 heterocycles. The fraction of sp³-hybridized carbons (Fsp3) is 0.158. The zero-order chi connectivity index (χ0) is 19.3. The minimum atomic E-state index is -0.325. The first kappa shape index (κ1) is 20.9. The van der Waals surface area contributed by atoms with Gasteiger partial charge in [-0.2, -0.15) is 5.26 Å². The second-order valence-corrected chi connectivity index (χ2v) is 8.53. The van der Waals surface area contributed by atoms with Crippen molar-refractivity contribution in [3.8, 4) is 11.8 Å². The van der Waals surface area contributed by atoms with Gasteiger partial charge in [-0.3, -0.25) is 4.79 Å². The number of amides is 1. The molecule has 0 unspecified atom stereocenters. The van der Waals surface area contributed by atoms with Crippen molar-refractivity contribution in [1.29, 1.82) is 5.26 Å². The molecule has 26 heavy (non-hydrogen) atoms. The van der Waals surface area contributed by atoms with Crippen LogP contribution < -0.4 is 4.74 Å². The number of hydrogen-bond donors (Lipinski definition) is 0. The third-order valence-corrected chi connectivity index (χ3v) is 5.30. The highest BCUT2D eigenvalue weighted by Gasteiger charge is 2.13. The predicted molar refractivity (Wildman–Crippen MR) is 118 cm³/mol. The van der Waals surface area contributed by atoms with Gasteiger partial charge in [0.2, 0.25) is 0 Å². The highest BCUT2D eigenvalue weighted by Crippen LogP contribution is 2.33.